The first-order chi connectivity index (χ1) is 5.55. The second-order valence-electron chi connectivity index (χ2n) is 2.13. The van der Waals surface area contributed by atoms with Crippen LogP contribution in [0.15, 0.2) is 0 Å². The molecular weight excluding hydrogens is 206 g/mol. The first-order valence-corrected chi connectivity index (χ1v) is 2.88. The molecule has 0 aromatic carbocycles. The van der Waals surface area contributed by atoms with Crippen LogP contribution in [-0.2, 0) is 0 Å². The van der Waals surface area contributed by atoms with Gasteiger partial charge in [0.05, 0.1) is 0 Å². The molecule has 0 aromatic rings. The Bertz CT molecular complexity index is 147. The molecule has 0 aliphatic heterocycles. The molecule has 0 amide bonds. The molecule has 0 saturated heterocycles. The molecule has 0 fully saturated rings. The summed E-state index contributed by atoms with van der Waals surface area (Å²) < 4.78 is 69.0. The summed E-state index contributed by atoms with van der Waals surface area (Å²) in [6, 6.07) is 0. The average Bonchev–Trinajstić information content (AvgIpc) is 1.82. The number of hydrogen-bond acceptors (Lipinski definition) is 3. The van der Waals surface area contributed by atoms with Gasteiger partial charge in [0.15, 0.2) is 6.17 Å². The van der Waals surface area contributed by atoms with Gasteiger partial charge in [0.25, 0.3) is 0 Å². The van der Waals surface area contributed by atoms with Crippen molar-refractivity contribution in [1.29, 1.82) is 0 Å². The third-order valence-electron chi connectivity index (χ3n) is 1.00. The molecule has 9 heteroatoms. The van der Waals surface area contributed by atoms with Crippen molar-refractivity contribution in [3.8, 4) is 0 Å². The minimum atomic E-state index is -5.18. The third-order valence-corrected chi connectivity index (χ3v) is 1.00. The van der Waals surface area contributed by atoms with E-state index in [9.17, 15) is 26.3 Å². The Morgan fingerprint density at radius 2 is 1.38 bits per heavy atom. The standard InChI is InChI=1S/C4H6F6N2O/c5-3(6,7)1(11)12-2(13)4(8,9)10/h1-2,12-13H,11H2. The Labute approximate surface area is 68.5 Å². The highest BCUT2D eigenvalue weighted by Crippen LogP contribution is 2.21. The van der Waals surface area contributed by atoms with E-state index in [1.165, 1.54) is 0 Å². The van der Waals surface area contributed by atoms with Gasteiger partial charge in [-0.15, -0.1) is 0 Å². The smallest absolute Gasteiger partial charge is 0.370 e. The molecule has 0 aliphatic rings. The Morgan fingerprint density at radius 3 is 1.62 bits per heavy atom. The highest BCUT2D eigenvalue weighted by molar-refractivity contribution is 4.73. The number of aliphatic hydroxyl groups excluding tert-OH is 1. The largest absolute Gasteiger partial charge is 0.428 e. The topological polar surface area (TPSA) is 58.3 Å². The molecule has 0 bridgehead atoms. The van der Waals surface area contributed by atoms with Gasteiger partial charge in [-0.2, -0.15) is 26.3 Å². The molecule has 0 heterocycles. The Hall–Kier alpha value is -0.540. The lowest BCUT2D eigenvalue weighted by Gasteiger charge is -2.22. The van der Waals surface area contributed by atoms with Gasteiger partial charge in [-0.1, -0.05) is 0 Å². The normalized spacial score (nSPS) is 18.5. The van der Waals surface area contributed by atoms with Crippen molar-refractivity contribution in [2.24, 2.45) is 5.73 Å². The average molecular weight is 212 g/mol. The first kappa shape index (κ1) is 12.5. The molecular formula is C4H6F6N2O. The lowest BCUT2D eigenvalue weighted by atomic mass is 10.4. The van der Waals surface area contributed by atoms with Gasteiger partial charge in [-0.05, 0) is 0 Å². The maximum atomic E-state index is 11.5. The summed E-state index contributed by atoms with van der Waals surface area (Å²) in [5.41, 5.74) is 4.25. The third kappa shape index (κ3) is 4.29. The van der Waals surface area contributed by atoms with Crippen LogP contribution in [-0.4, -0.2) is 29.9 Å². The van der Waals surface area contributed by atoms with Crippen molar-refractivity contribution in [3.63, 3.8) is 0 Å². The summed E-state index contributed by atoms with van der Waals surface area (Å²) >= 11 is 0. The van der Waals surface area contributed by atoms with Crippen LogP contribution < -0.4 is 11.1 Å². The van der Waals surface area contributed by atoms with Gasteiger partial charge in [0.1, 0.15) is 0 Å². The molecule has 0 aromatic heterocycles. The number of alkyl halides is 6. The summed E-state index contributed by atoms with van der Waals surface area (Å²) in [5.74, 6) is 0. The van der Waals surface area contributed by atoms with E-state index in [-0.39, 0.29) is 0 Å². The fraction of sp³-hybridized carbons (Fsp3) is 1.00. The van der Waals surface area contributed by atoms with Gasteiger partial charge in [-0.3, -0.25) is 5.32 Å². The second-order valence-corrected chi connectivity index (χ2v) is 2.13. The van der Waals surface area contributed by atoms with Crippen LogP contribution in [0.2, 0.25) is 0 Å². The molecule has 2 unspecified atom stereocenters. The van der Waals surface area contributed by atoms with Crippen molar-refractivity contribution < 1.29 is 31.4 Å². The first-order valence-electron chi connectivity index (χ1n) is 2.88. The van der Waals surface area contributed by atoms with Gasteiger partial charge in [-0.25, -0.2) is 0 Å². The zero-order chi connectivity index (χ0) is 10.9. The van der Waals surface area contributed by atoms with Crippen LogP contribution >= 0.6 is 0 Å². The van der Waals surface area contributed by atoms with Crippen molar-refractivity contribution in [1.82, 2.24) is 5.32 Å². The molecule has 13 heavy (non-hydrogen) atoms. The number of nitrogens with one attached hydrogen (secondary N) is 1. The molecule has 0 radical (unpaired) electrons. The molecule has 80 valence electrons. The van der Waals surface area contributed by atoms with E-state index >= 15 is 0 Å². The van der Waals surface area contributed by atoms with Gasteiger partial charge in [0, 0.05) is 0 Å². The predicted octanol–water partition coefficient (Wildman–Crippen LogP) is 0.304. The Morgan fingerprint density at radius 1 is 1.00 bits per heavy atom. The van der Waals surface area contributed by atoms with E-state index < -0.39 is 24.7 Å². The molecule has 3 nitrogen and oxygen atoms in total. The fourth-order valence-electron chi connectivity index (χ4n) is 0.359. The van der Waals surface area contributed by atoms with Gasteiger partial charge < -0.3 is 10.8 Å². The lowest BCUT2D eigenvalue weighted by molar-refractivity contribution is -0.231. The Kier molecular flexibility index (Phi) is 3.53. The van der Waals surface area contributed by atoms with Gasteiger partial charge in [0.2, 0.25) is 6.23 Å². The number of nitrogens with two attached hydrogens (primary N) is 1. The maximum absolute atomic E-state index is 11.5. The van der Waals surface area contributed by atoms with E-state index in [2.05, 4.69) is 5.73 Å². The highest BCUT2D eigenvalue weighted by Gasteiger charge is 2.45. The lowest BCUT2D eigenvalue weighted by Crippen LogP contribution is -2.57. The van der Waals surface area contributed by atoms with E-state index in [0.717, 1.165) is 5.32 Å². The van der Waals surface area contributed by atoms with Crippen LogP contribution in [0.3, 0.4) is 0 Å². The van der Waals surface area contributed by atoms with Crippen molar-refractivity contribution >= 4 is 0 Å². The molecule has 0 aliphatic carbocycles. The maximum Gasteiger partial charge on any atom is 0.428 e. The summed E-state index contributed by atoms with van der Waals surface area (Å²) in [7, 11) is 0. The van der Waals surface area contributed by atoms with Crippen LogP contribution in [0.1, 0.15) is 0 Å². The molecule has 4 N–H and O–H groups in total. The van der Waals surface area contributed by atoms with Crippen molar-refractivity contribution in [3.05, 3.63) is 0 Å². The minimum absolute atomic E-state index is 0.743. The summed E-state index contributed by atoms with van der Waals surface area (Å²) in [4.78, 5) is 0. The predicted molar refractivity (Wildman–Crippen MR) is 29.2 cm³/mol. The summed E-state index contributed by atoms with van der Waals surface area (Å²) in [6.45, 7) is 0. The molecule has 0 saturated carbocycles. The van der Waals surface area contributed by atoms with Gasteiger partial charge >= 0.3 is 12.4 Å². The van der Waals surface area contributed by atoms with E-state index in [1.807, 2.05) is 0 Å². The van der Waals surface area contributed by atoms with Crippen molar-refractivity contribution in [2.75, 3.05) is 0 Å². The van der Waals surface area contributed by atoms with Crippen LogP contribution in [0.4, 0.5) is 26.3 Å². The zero-order valence-corrected chi connectivity index (χ0v) is 5.95. The Balaban J connectivity index is 4.15. The molecule has 0 spiro atoms. The van der Waals surface area contributed by atoms with Crippen LogP contribution in [0.25, 0.3) is 0 Å². The van der Waals surface area contributed by atoms with Crippen LogP contribution in [0.5, 0.6) is 0 Å². The number of rotatable bonds is 2. The number of halogens is 6. The summed E-state index contributed by atoms with van der Waals surface area (Å²) in [6.07, 6.45) is -16.4. The molecule has 0 rings (SSSR count). The summed E-state index contributed by atoms with van der Waals surface area (Å²) in [5, 5.41) is 8.85. The van der Waals surface area contributed by atoms with Crippen LogP contribution in [0, 0.1) is 0 Å². The monoisotopic (exact) mass is 212 g/mol. The fourth-order valence-corrected chi connectivity index (χ4v) is 0.359. The minimum Gasteiger partial charge on any atom is -0.370 e. The quantitative estimate of drug-likeness (QED) is 0.456. The van der Waals surface area contributed by atoms with E-state index in [4.69, 9.17) is 5.11 Å². The number of aliphatic hydroxyl groups is 1. The van der Waals surface area contributed by atoms with E-state index in [1.54, 1.807) is 0 Å². The van der Waals surface area contributed by atoms with Crippen molar-refractivity contribution in [2.45, 2.75) is 24.7 Å². The van der Waals surface area contributed by atoms with E-state index in [0.29, 0.717) is 0 Å². The second kappa shape index (κ2) is 3.68. The SMILES string of the molecule is NC(NC(O)C(F)(F)F)C(F)(F)F. The highest BCUT2D eigenvalue weighted by atomic mass is 19.4. The molecule has 2 atom stereocenters. The number of hydrogen-bond donors (Lipinski definition) is 3. The zero-order valence-electron chi connectivity index (χ0n) is 5.95.